The van der Waals surface area contributed by atoms with Crippen LogP contribution in [0.5, 0.6) is 5.75 Å². The molecule has 0 fully saturated rings. The van der Waals surface area contributed by atoms with Gasteiger partial charge in [-0.25, -0.2) is 0 Å². The Morgan fingerprint density at radius 2 is 2.00 bits per heavy atom. The lowest BCUT2D eigenvalue weighted by molar-refractivity contribution is 0.143. The molecule has 0 heterocycles. The minimum absolute atomic E-state index is 0.826. The Labute approximate surface area is 117 Å². The number of unbranched alkanes of at least 4 members (excludes halogenated alkanes) is 3. The zero-order valence-electron chi connectivity index (χ0n) is 12.4. The fourth-order valence-electron chi connectivity index (χ4n) is 1.98. The van der Waals surface area contributed by atoms with Crippen molar-refractivity contribution in [1.29, 1.82) is 0 Å². The smallest absolute Gasteiger partial charge is 0.126 e. The Kier molecular flexibility index (Phi) is 7.99. The second-order valence-corrected chi connectivity index (χ2v) is 4.69. The van der Waals surface area contributed by atoms with E-state index < -0.39 is 0 Å². The number of allylic oxidation sites excluding steroid dienone is 1. The van der Waals surface area contributed by atoms with Crippen LogP contribution in [0.25, 0.3) is 6.08 Å². The molecule has 0 saturated carbocycles. The van der Waals surface area contributed by atoms with Crippen molar-refractivity contribution in [1.82, 2.24) is 0 Å². The number of hydrogen-bond acceptors (Lipinski definition) is 2. The Hall–Kier alpha value is -1.28. The second-order valence-electron chi connectivity index (χ2n) is 4.69. The third kappa shape index (κ3) is 6.44. The predicted molar refractivity (Wildman–Crippen MR) is 81.7 cm³/mol. The van der Waals surface area contributed by atoms with Gasteiger partial charge in [-0.15, -0.1) is 0 Å². The highest BCUT2D eigenvalue weighted by Gasteiger charge is 1.98. The van der Waals surface area contributed by atoms with E-state index in [9.17, 15) is 0 Å². The summed E-state index contributed by atoms with van der Waals surface area (Å²) in [5.74, 6) is 0.943. The van der Waals surface area contributed by atoms with Crippen molar-refractivity contribution in [2.45, 2.75) is 39.5 Å². The summed E-state index contributed by atoms with van der Waals surface area (Å²) in [6.07, 6.45) is 9.12. The molecule has 0 radical (unpaired) electrons. The van der Waals surface area contributed by atoms with E-state index >= 15 is 0 Å². The van der Waals surface area contributed by atoms with Crippen LogP contribution < -0.4 is 4.74 Å². The first kappa shape index (κ1) is 15.8. The second kappa shape index (κ2) is 9.62. The lowest BCUT2D eigenvalue weighted by Crippen LogP contribution is -1.92. The Balaban J connectivity index is 2.30. The molecule has 0 aromatic heterocycles. The molecule has 0 spiro atoms. The molecular formula is C17H26O2. The number of methoxy groups -OCH3 is 1. The van der Waals surface area contributed by atoms with Crippen molar-refractivity contribution in [3.05, 3.63) is 35.4 Å². The maximum atomic E-state index is 5.36. The molecule has 0 amide bonds. The fourth-order valence-corrected chi connectivity index (χ4v) is 1.98. The van der Waals surface area contributed by atoms with E-state index in [1.807, 2.05) is 13.0 Å². The van der Waals surface area contributed by atoms with Gasteiger partial charge in [-0.05, 0) is 45.2 Å². The first-order valence-electron chi connectivity index (χ1n) is 7.17. The quantitative estimate of drug-likeness (QED) is 0.605. The lowest BCUT2D eigenvalue weighted by atomic mass is 10.1. The predicted octanol–water partition coefficient (Wildman–Crippen LogP) is 4.61. The molecular weight excluding hydrogens is 236 g/mol. The van der Waals surface area contributed by atoms with E-state index in [-0.39, 0.29) is 0 Å². The maximum Gasteiger partial charge on any atom is 0.126 e. The van der Waals surface area contributed by atoms with Gasteiger partial charge in [-0.1, -0.05) is 30.2 Å². The van der Waals surface area contributed by atoms with E-state index in [4.69, 9.17) is 9.47 Å². The zero-order valence-corrected chi connectivity index (χ0v) is 12.4. The van der Waals surface area contributed by atoms with E-state index in [1.165, 1.54) is 18.4 Å². The van der Waals surface area contributed by atoms with E-state index in [0.717, 1.165) is 37.4 Å². The van der Waals surface area contributed by atoms with Gasteiger partial charge >= 0.3 is 0 Å². The molecule has 106 valence electrons. The summed E-state index contributed by atoms with van der Waals surface area (Å²) < 4.78 is 10.7. The van der Waals surface area contributed by atoms with Crippen molar-refractivity contribution >= 4 is 6.08 Å². The third-order valence-electron chi connectivity index (χ3n) is 3.05. The molecule has 1 rings (SSSR count). The van der Waals surface area contributed by atoms with Crippen molar-refractivity contribution in [2.75, 3.05) is 20.3 Å². The number of aryl methyl sites for hydroxylation is 1. The van der Waals surface area contributed by atoms with Gasteiger partial charge in [0.25, 0.3) is 0 Å². The molecule has 2 heteroatoms. The molecule has 0 N–H and O–H groups in total. The summed E-state index contributed by atoms with van der Waals surface area (Å²) in [4.78, 5) is 0. The van der Waals surface area contributed by atoms with Gasteiger partial charge < -0.3 is 9.47 Å². The van der Waals surface area contributed by atoms with Crippen molar-refractivity contribution in [2.24, 2.45) is 0 Å². The fraction of sp³-hybridized carbons (Fsp3) is 0.529. The van der Waals surface area contributed by atoms with Gasteiger partial charge in [0, 0.05) is 18.8 Å². The van der Waals surface area contributed by atoms with Gasteiger partial charge in [0.1, 0.15) is 5.75 Å². The van der Waals surface area contributed by atoms with E-state index in [2.05, 4.69) is 31.2 Å². The van der Waals surface area contributed by atoms with Crippen LogP contribution in [-0.4, -0.2) is 20.3 Å². The molecule has 2 nitrogen and oxygen atoms in total. The summed E-state index contributed by atoms with van der Waals surface area (Å²) in [5, 5.41) is 0. The minimum atomic E-state index is 0.826. The van der Waals surface area contributed by atoms with Crippen LogP contribution >= 0.6 is 0 Å². The van der Waals surface area contributed by atoms with Gasteiger partial charge in [-0.3, -0.25) is 0 Å². The highest BCUT2D eigenvalue weighted by Crippen LogP contribution is 2.21. The summed E-state index contributed by atoms with van der Waals surface area (Å²) in [7, 11) is 1.72. The van der Waals surface area contributed by atoms with Crippen LogP contribution in [-0.2, 0) is 4.74 Å². The standard InChI is InChI=1S/C17H26O2/c1-4-19-13-9-7-5-6-8-10-16-14-15(2)11-12-17(16)18-3/h8,10-12,14H,4-7,9,13H2,1-3H3/b10-8+. The topological polar surface area (TPSA) is 18.5 Å². The molecule has 0 unspecified atom stereocenters. The average molecular weight is 262 g/mol. The Bertz CT molecular complexity index is 383. The summed E-state index contributed by atoms with van der Waals surface area (Å²) in [5.41, 5.74) is 2.42. The number of hydrogen-bond donors (Lipinski definition) is 0. The highest BCUT2D eigenvalue weighted by atomic mass is 16.5. The Morgan fingerprint density at radius 1 is 1.16 bits per heavy atom. The van der Waals surface area contributed by atoms with Crippen molar-refractivity contribution in [3.8, 4) is 5.75 Å². The van der Waals surface area contributed by atoms with Crippen molar-refractivity contribution < 1.29 is 9.47 Å². The SMILES string of the molecule is CCOCCCCC/C=C/c1cc(C)ccc1OC. The van der Waals surface area contributed by atoms with Crippen molar-refractivity contribution in [3.63, 3.8) is 0 Å². The van der Waals surface area contributed by atoms with Crippen LogP contribution in [0.3, 0.4) is 0 Å². The molecule has 0 bridgehead atoms. The Morgan fingerprint density at radius 3 is 2.74 bits per heavy atom. The molecule has 0 aliphatic carbocycles. The first-order valence-corrected chi connectivity index (χ1v) is 7.17. The van der Waals surface area contributed by atoms with Gasteiger partial charge in [0.05, 0.1) is 7.11 Å². The highest BCUT2D eigenvalue weighted by molar-refractivity contribution is 5.58. The molecule has 0 aliphatic rings. The van der Waals surface area contributed by atoms with Crippen LogP contribution in [0.2, 0.25) is 0 Å². The van der Waals surface area contributed by atoms with Crippen LogP contribution in [0.1, 0.15) is 43.7 Å². The number of ether oxygens (including phenoxy) is 2. The first-order chi connectivity index (χ1) is 9.27. The van der Waals surface area contributed by atoms with Crippen LogP contribution in [0.15, 0.2) is 24.3 Å². The maximum absolute atomic E-state index is 5.36. The summed E-state index contributed by atoms with van der Waals surface area (Å²) in [6.45, 7) is 5.86. The van der Waals surface area contributed by atoms with E-state index in [1.54, 1.807) is 7.11 Å². The van der Waals surface area contributed by atoms with Crippen LogP contribution in [0.4, 0.5) is 0 Å². The third-order valence-corrected chi connectivity index (χ3v) is 3.05. The minimum Gasteiger partial charge on any atom is -0.496 e. The van der Waals surface area contributed by atoms with Gasteiger partial charge in [0.2, 0.25) is 0 Å². The molecule has 0 saturated heterocycles. The molecule has 0 aliphatic heterocycles. The molecule has 1 aromatic carbocycles. The lowest BCUT2D eigenvalue weighted by Gasteiger charge is -2.05. The van der Waals surface area contributed by atoms with Gasteiger partial charge in [0.15, 0.2) is 0 Å². The molecule has 1 aromatic rings. The average Bonchev–Trinajstić information content (AvgIpc) is 2.42. The molecule has 0 atom stereocenters. The van der Waals surface area contributed by atoms with Crippen LogP contribution in [0, 0.1) is 6.92 Å². The van der Waals surface area contributed by atoms with Gasteiger partial charge in [-0.2, -0.15) is 0 Å². The summed E-state index contributed by atoms with van der Waals surface area (Å²) in [6, 6.07) is 6.26. The monoisotopic (exact) mass is 262 g/mol. The summed E-state index contributed by atoms with van der Waals surface area (Å²) >= 11 is 0. The number of benzene rings is 1. The normalized spacial score (nSPS) is 11.1. The molecule has 19 heavy (non-hydrogen) atoms. The largest absolute Gasteiger partial charge is 0.496 e. The van der Waals surface area contributed by atoms with E-state index in [0.29, 0.717) is 0 Å². The zero-order chi connectivity index (χ0) is 13.9. The number of rotatable bonds is 9.